The zero-order chi connectivity index (χ0) is 12.5. The van der Waals surface area contributed by atoms with Crippen LogP contribution in [0.3, 0.4) is 0 Å². The van der Waals surface area contributed by atoms with Gasteiger partial charge in [0, 0.05) is 0 Å². The number of fused-ring (bicyclic) bond motifs is 1. The number of aryl methyl sites for hydroxylation is 1. The summed E-state index contributed by atoms with van der Waals surface area (Å²) in [5, 5.41) is 18.7. The molecular weight excluding hydrogens is 222 g/mol. The predicted octanol–water partition coefficient (Wildman–Crippen LogP) is 3.20. The van der Waals surface area contributed by atoms with Crippen molar-refractivity contribution in [3.63, 3.8) is 0 Å². The van der Waals surface area contributed by atoms with E-state index in [4.69, 9.17) is 5.26 Å². The van der Waals surface area contributed by atoms with E-state index >= 15 is 0 Å². The number of aliphatic hydroxyl groups excluding tert-OH is 1. The number of aliphatic hydroxyl groups is 1. The van der Waals surface area contributed by atoms with Crippen LogP contribution in [0.5, 0.6) is 0 Å². The summed E-state index contributed by atoms with van der Waals surface area (Å²) in [6.45, 7) is 0. The van der Waals surface area contributed by atoms with Gasteiger partial charge in [-0.2, -0.15) is 5.26 Å². The summed E-state index contributed by atoms with van der Waals surface area (Å²) in [5.41, 5.74) is 5.11. The second-order valence-corrected chi connectivity index (χ2v) is 4.66. The average molecular weight is 235 g/mol. The smallest absolute Gasteiger partial charge is 0.0991 e. The molecule has 2 aromatic rings. The van der Waals surface area contributed by atoms with Crippen molar-refractivity contribution in [3.8, 4) is 17.2 Å². The molecule has 0 aliphatic heterocycles. The third-order valence-corrected chi connectivity index (χ3v) is 3.51. The van der Waals surface area contributed by atoms with Crippen molar-refractivity contribution in [3.05, 3.63) is 59.2 Å². The number of nitrogens with zero attached hydrogens (tertiary/aromatic N) is 1. The van der Waals surface area contributed by atoms with Crippen LogP contribution >= 0.6 is 0 Å². The van der Waals surface area contributed by atoms with E-state index in [2.05, 4.69) is 12.1 Å². The summed E-state index contributed by atoms with van der Waals surface area (Å²) in [7, 11) is 0. The van der Waals surface area contributed by atoms with Gasteiger partial charge in [0.05, 0.1) is 17.7 Å². The minimum atomic E-state index is -0.306. The van der Waals surface area contributed by atoms with Gasteiger partial charge in [0.2, 0.25) is 0 Å². The summed E-state index contributed by atoms with van der Waals surface area (Å²) in [6.07, 6.45) is 1.44. The van der Waals surface area contributed by atoms with Gasteiger partial charge in [-0.15, -0.1) is 0 Å². The topological polar surface area (TPSA) is 44.0 Å². The van der Waals surface area contributed by atoms with E-state index in [1.54, 1.807) is 6.07 Å². The maximum absolute atomic E-state index is 9.78. The van der Waals surface area contributed by atoms with Crippen molar-refractivity contribution in [2.45, 2.75) is 18.9 Å². The van der Waals surface area contributed by atoms with Gasteiger partial charge in [-0.3, -0.25) is 0 Å². The SMILES string of the molecule is N#Cc1cccc(-c2ccc3c(c2)CC[C@H]3O)c1. The average Bonchev–Trinajstić information content (AvgIpc) is 2.80. The number of hydrogen-bond donors (Lipinski definition) is 1. The molecular formula is C16H13NO. The van der Waals surface area contributed by atoms with Crippen LogP contribution in [0.15, 0.2) is 42.5 Å². The van der Waals surface area contributed by atoms with E-state index in [-0.39, 0.29) is 6.10 Å². The molecule has 2 nitrogen and oxygen atoms in total. The van der Waals surface area contributed by atoms with E-state index in [9.17, 15) is 5.11 Å². The Morgan fingerprint density at radius 3 is 2.78 bits per heavy atom. The third kappa shape index (κ3) is 1.79. The molecule has 2 aromatic carbocycles. The first kappa shape index (κ1) is 11.0. The maximum Gasteiger partial charge on any atom is 0.0991 e. The Balaban J connectivity index is 2.05. The summed E-state index contributed by atoms with van der Waals surface area (Å²) < 4.78 is 0. The second kappa shape index (κ2) is 4.29. The monoisotopic (exact) mass is 235 g/mol. The molecule has 18 heavy (non-hydrogen) atoms. The summed E-state index contributed by atoms with van der Waals surface area (Å²) in [4.78, 5) is 0. The number of nitriles is 1. The van der Waals surface area contributed by atoms with Crippen molar-refractivity contribution in [1.82, 2.24) is 0 Å². The van der Waals surface area contributed by atoms with Gasteiger partial charge in [0.25, 0.3) is 0 Å². The fraction of sp³-hybridized carbons (Fsp3) is 0.188. The highest BCUT2D eigenvalue weighted by Gasteiger charge is 2.20. The minimum Gasteiger partial charge on any atom is -0.388 e. The number of benzene rings is 2. The van der Waals surface area contributed by atoms with E-state index in [1.807, 2.05) is 30.3 Å². The highest BCUT2D eigenvalue weighted by Crippen LogP contribution is 2.34. The molecule has 0 spiro atoms. The van der Waals surface area contributed by atoms with E-state index in [1.165, 1.54) is 5.56 Å². The van der Waals surface area contributed by atoms with Crippen molar-refractivity contribution in [1.29, 1.82) is 5.26 Å². The Morgan fingerprint density at radius 1 is 1.11 bits per heavy atom. The van der Waals surface area contributed by atoms with Crippen LogP contribution in [0.1, 0.15) is 29.2 Å². The highest BCUT2D eigenvalue weighted by atomic mass is 16.3. The second-order valence-electron chi connectivity index (χ2n) is 4.66. The predicted molar refractivity (Wildman–Crippen MR) is 69.9 cm³/mol. The van der Waals surface area contributed by atoms with E-state index in [0.29, 0.717) is 5.56 Å². The van der Waals surface area contributed by atoms with Crippen molar-refractivity contribution < 1.29 is 5.11 Å². The maximum atomic E-state index is 9.78. The van der Waals surface area contributed by atoms with Crippen LogP contribution in [0, 0.1) is 11.3 Å². The lowest BCUT2D eigenvalue weighted by Gasteiger charge is -2.07. The van der Waals surface area contributed by atoms with Gasteiger partial charge in [-0.1, -0.05) is 30.3 Å². The summed E-state index contributed by atoms with van der Waals surface area (Å²) in [5.74, 6) is 0. The standard InChI is InChI=1S/C16H13NO/c17-10-11-2-1-3-12(8-11)13-4-6-15-14(9-13)5-7-16(15)18/h1-4,6,8-9,16,18H,5,7H2/t16-/m1/s1. The minimum absolute atomic E-state index is 0.306. The van der Waals surface area contributed by atoms with E-state index in [0.717, 1.165) is 29.5 Å². The molecule has 0 saturated heterocycles. The van der Waals surface area contributed by atoms with Crippen LogP contribution in [-0.2, 0) is 6.42 Å². The zero-order valence-corrected chi connectivity index (χ0v) is 9.93. The van der Waals surface area contributed by atoms with Crippen LogP contribution in [-0.4, -0.2) is 5.11 Å². The Bertz CT molecular complexity index is 640. The molecule has 0 aromatic heterocycles. The molecule has 3 rings (SSSR count). The molecule has 1 N–H and O–H groups in total. The summed E-state index contributed by atoms with van der Waals surface area (Å²) >= 11 is 0. The molecule has 0 saturated carbocycles. The molecule has 1 aliphatic carbocycles. The lowest BCUT2D eigenvalue weighted by molar-refractivity contribution is 0.180. The van der Waals surface area contributed by atoms with Gasteiger partial charge >= 0.3 is 0 Å². The first-order valence-corrected chi connectivity index (χ1v) is 6.09. The Morgan fingerprint density at radius 2 is 1.94 bits per heavy atom. The molecule has 0 radical (unpaired) electrons. The normalized spacial score (nSPS) is 17.2. The number of hydrogen-bond acceptors (Lipinski definition) is 2. The molecule has 0 unspecified atom stereocenters. The lowest BCUT2D eigenvalue weighted by Crippen LogP contribution is -1.90. The largest absolute Gasteiger partial charge is 0.388 e. The molecule has 0 fully saturated rings. The van der Waals surface area contributed by atoms with Gasteiger partial charge < -0.3 is 5.11 Å². The fourth-order valence-electron chi connectivity index (χ4n) is 2.54. The van der Waals surface area contributed by atoms with Gasteiger partial charge in [0.1, 0.15) is 0 Å². The van der Waals surface area contributed by atoms with Crippen LogP contribution in [0.25, 0.3) is 11.1 Å². The van der Waals surface area contributed by atoms with Gasteiger partial charge in [-0.25, -0.2) is 0 Å². The molecule has 0 amide bonds. The first-order valence-electron chi connectivity index (χ1n) is 6.09. The molecule has 0 bridgehead atoms. The Labute approximate surface area is 106 Å². The lowest BCUT2D eigenvalue weighted by atomic mass is 9.99. The Hall–Kier alpha value is -2.11. The van der Waals surface area contributed by atoms with E-state index < -0.39 is 0 Å². The summed E-state index contributed by atoms with van der Waals surface area (Å²) in [6, 6.07) is 15.9. The molecule has 1 atom stereocenters. The van der Waals surface area contributed by atoms with Crippen molar-refractivity contribution in [2.75, 3.05) is 0 Å². The highest BCUT2D eigenvalue weighted by molar-refractivity contribution is 5.67. The van der Waals surface area contributed by atoms with Crippen LogP contribution in [0.4, 0.5) is 0 Å². The Kier molecular flexibility index (Phi) is 2.62. The van der Waals surface area contributed by atoms with Gasteiger partial charge in [-0.05, 0) is 47.2 Å². The molecule has 0 heterocycles. The van der Waals surface area contributed by atoms with Crippen molar-refractivity contribution >= 4 is 0 Å². The third-order valence-electron chi connectivity index (χ3n) is 3.51. The quantitative estimate of drug-likeness (QED) is 0.824. The number of rotatable bonds is 1. The molecule has 2 heteroatoms. The molecule has 88 valence electrons. The molecule has 1 aliphatic rings. The van der Waals surface area contributed by atoms with Crippen molar-refractivity contribution in [2.24, 2.45) is 0 Å². The van der Waals surface area contributed by atoms with Crippen LogP contribution < -0.4 is 0 Å². The first-order chi connectivity index (χ1) is 8.78. The fourth-order valence-corrected chi connectivity index (χ4v) is 2.54. The zero-order valence-electron chi connectivity index (χ0n) is 9.93. The van der Waals surface area contributed by atoms with Gasteiger partial charge in [0.15, 0.2) is 0 Å². The van der Waals surface area contributed by atoms with Crippen LogP contribution in [0.2, 0.25) is 0 Å².